The summed E-state index contributed by atoms with van der Waals surface area (Å²) in [6.45, 7) is 3.57. The molecular weight excluding hydrogens is 234 g/mol. The SMILES string of the molecule is Cc1cc(NN)c(C(=O)Nc2cc(C)no2)cn1. The summed E-state index contributed by atoms with van der Waals surface area (Å²) in [5.41, 5.74) is 4.73. The van der Waals surface area contributed by atoms with Crippen molar-refractivity contribution >= 4 is 17.5 Å². The van der Waals surface area contributed by atoms with Crippen LogP contribution in [-0.4, -0.2) is 16.0 Å². The molecular formula is C11H13N5O2. The highest BCUT2D eigenvalue weighted by atomic mass is 16.5. The Hall–Kier alpha value is -2.41. The highest BCUT2D eigenvalue weighted by Crippen LogP contribution is 2.17. The van der Waals surface area contributed by atoms with Gasteiger partial charge in [-0.25, -0.2) is 0 Å². The van der Waals surface area contributed by atoms with Crippen molar-refractivity contribution in [3.63, 3.8) is 0 Å². The molecule has 2 heterocycles. The Morgan fingerprint density at radius 3 is 2.72 bits per heavy atom. The van der Waals surface area contributed by atoms with E-state index in [1.165, 1.54) is 6.20 Å². The van der Waals surface area contributed by atoms with Crippen molar-refractivity contribution in [2.45, 2.75) is 13.8 Å². The molecule has 2 aromatic heterocycles. The number of nitrogens with two attached hydrogens (primary N) is 1. The van der Waals surface area contributed by atoms with Crippen LogP contribution in [0.25, 0.3) is 0 Å². The van der Waals surface area contributed by atoms with Crippen molar-refractivity contribution in [3.8, 4) is 0 Å². The van der Waals surface area contributed by atoms with Gasteiger partial charge in [0.1, 0.15) is 0 Å². The summed E-state index contributed by atoms with van der Waals surface area (Å²) in [5.74, 6) is 5.27. The average molecular weight is 247 g/mol. The summed E-state index contributed by atoms with van der Waals surface area (Å²) in [6.07, 6.45) is 1.45. The summed E-state index contributed by atoms with van der Waals surface area (Å²) < 4.78 is 4.90. The average Bonchev–Trinajstić information content (AvgIpc) is 2.74. The molecule has 0 radical (unpaired) electrons. The van der Waals surface area contributed by atoms with Crippen molar-refractivity contribution in [1.29, 1.82) is 0 Å². The lowest BCUT2D eigenvalue weighted by Crippen LogP contribution is -2.17. The highest BCUT2D eigenvalue weighted by Gasteiger charge is 2.14. The van der Waals surface area contributed by atoms with E-state index >= 15 is 0 Å². The van der Waals surface area contributed by atoms with Crippen molar-refractivity contribution < 1.29 is 9.32 Å². The van der Waals surface area contributed by atoms with E-state index in [0.717, 1.165) is 5.69 Å². The number of nitrogens with zero attached hydrogens (tertiary/aromatic N) is 2. The van der Waals surface area contributed by atoms with Crippen LogP contribution in [0.15, 0.2) is 22.9 Å². The number of carbonyl (C=O) groups excluding carboxylic acids is 1. The molecule has 2 aromatic rings. The highest BCUT2D eigenvalue weighted by molar-refractivity contribution is 6.07. The second-order valence-corrected chi connectivity index (χ2v) is 3.80. The lowest BCUT2D eigenvalue weighted by Gasteiger charge is -2.08. The summed E-state index contributed by atoms with van der Waals surface area (Å²) in [6, 6.07) is 3.30. The zero-order valence-electron chi connectivity index (χ0n) is 10.0. The van der Waals surface area contributed by atoms with E-state index in [1.54, 1.807) is 19.1 Å². The first-order valence-electron chi connectivity index (χ1n) is 5.28. The first kappa shape index (κ1) is 12.1. The van der Waals surface area contributed by atoms with Gasteiger partial charge in [-0.1, -0.05) is 5.16 Å². The number of aromatic nitrogens is 2. The number of hydrogen-bond donors (Lipinski definition) is 3. The molecule has 0 spiro atoms. The van der Waals surface area contributed by atoms with Gasteiger partial charge in [0.2, 0.25) is 5.88 Å². The number of hydrogen-bond acceptors (Lipinski definition) is 6. The minimum Gasteiger partial charge on any atom is -0.338 e. The standard InChI is InChI=1S/C11H13N5O2/c1-6-3-9(15-12)8(5-13-6)11(17)14-10-4-7(2)16-18-10/h3-5H,12H2,1-2H3,(H,13,15)(H,14,17). The number of nitrogens with one attached hydrogen (secondary N) is 2. The maximum atomic E-state index is 12.0. The number of rotatable bonds is 3. The third-order valence-corrected chi connectivity index (χ3v) is 2.31. The number of amides is 1. The molecule has 0 saturated carbocycles. The van der Waals surface area contributed by atoms with Crippen LogP contribution in [0.5, 0.6) is 0 Å². The largest absolute Gasteiger partial charge is 0.338 e. The summed E-state index contributed by atoms with van der Waals surface area (Å²) in [7, 11) is 0. The normalized spacial score (nSPS) is 10.2. The molecule has 7 heteroatoms. The van der Waals surface area contributed by atoms with Crippen molar-refractivity contribution in [2.24, 2.45) is 5.84 Å². The lowest BCUT2D eigenvalue weighted by molar-refractivity contribution is 0.102. The zero-order valence-corrected chi connectivity index (χ0v) is 10.0. The Balaban J connectivity index is 2.23. The number of pyridine rings is 1. The van der Waals surface area contributed by atoms with Gasteiger partial charge in [0.05, 0.1) is 16.9 Å². The molecule has 0 fully saturated rings. The maximum Gasteiger partial charge on any atom is 0.261 e. The van der Waals surface area contributed by atoms with Gasteiger partial charge in [0, 0.05) is 18.0 Å². The molecule has 0 saturated heterocycles. The van der Waals surface area contributed by atoms with Gasteiger partial charge in [0.25, 0.3) is 5.91 Å². The number of nitrogen functional groups attached to an aromatic ring is 1. The Morgan fingerprint density at radius 1 is 1.33 bits per heavy atom. The van der Waals surface area contributed by atoms with Crippen LogP contribution in [0, 0.1) is 13.8 Å². The first-order chi connectivity index (χ1) is 8.60. The topological polar surface area (TPSA) is 106 Å². The molecule has 0 aliphatic carbocycles. The second kappa shape index (κ2) is 4.84. The van der Waals surface area contributed by atoms with E-state index in [1.807, 2.05) is 6.92 Å². The van der Waals surface area contributed by atoms with Crippen LogP contribution in [0.1, 0.15) is 21.7 Å². The van der Waals surface area contributed by atoms with E-state index < -0.39 is 0 Å². The molecule has 94 valence electrons. The number of hydrazine groups is 1. The first-order valence-corrected chi connectivity index (χ1v) is 5.28. The predicted molar refractivity (Wildman–Crippen MR) is 66.0 cm³/mol. The smallest absolute Gasteiger partial charge is 0.261 e. The van der Waals surface area contributed by atoms with E-state index in [2.05, 4.69) is 20.9 Å². The minimum absolute atomic E-state index is 0.279. The van der Waals surface area contributed by atoms with E-state index in [4.69, 9.17) is 10.4 Å². The molecule has 0 aliphatic heterocycles. The Bertz CT molecular complexity index is 579. The van der Waals surface area contributed by atoms with Gasteiger partial charge in [0.15, 0.2) is 0 Å². The molecule has 1 amide bonds. The van der Waals surface area contributed by atoms with Gasteiger partial charge in [-0.15, -0.1) is 0 Å². The fourth-order valence-corrected chi connectivity index (χ4v) is 1.46. The fraction of sp³-hybridized carbons (Fsp3) is 0.182. The molecule has 0 aliphatic rings. The molecule has 4 N–H and O–H groups in total. The van der Waals surface area contributed by atoms with Gasteiger partial charge in [-0.2, -0.15) is 0 Å². The summed E-state index contributed by atoms with van der Waals surface area (Å²) >= 11 is 0. The van der Waals surface area contributed by atoms with Gasteiger partial charge >= 0.3 is 0 Å². The van der Waals surface area contributed by atoms with Gasteiger partial charge in [-0.3, -0.25) is 20.9 Å². The molecule has 7 nitrogen and oxygen atoms in total. The second-order valence-electron chi connectivity index (χ2n) is 3.80. The summed E-state index contributed by atoms with van der Waals surface area (Å²) in [5, 5.41) is 6.24. The van der Waals surface area contributed by atoms with Crippen LogP contribution in [0.4, 0.5) is 11.6 Å². The Kier molecular flexibility index (Phi) is 3.24. The fourth-order valence-electron chi connectivity index (χ4n) is 1.46. The minimum atomic E-state index is -0.369. The third-order valence-electron chi connectivity index (χ3n) is 2.31. The molecule has 0 unspecified atom stereocenters. The molecule has 0 atom stereocenters. The van der Waals surface area contributed by atoms with E-state index in [-0.39, 0.29) is 11.8 Å². The lowest BCUT2D eigenvalue weighted by atomic mass is 10.2. The van der Waals surface area contributed by atoms with Crippen molar-refractivity contribution in [3.05, 3.63) is 35.3 Å². The van der Waals surface area contributed by atoms with Crippen LogP contribution in [-0.2, 0) is 0 Å². The molecule has 2 rings (SSSR count). The number of anilines is 2. The van der Waals surface area contributed by atoms with Crippen LogP contribution >= 0.6 is 0 Å². The molecule has 0 bridgehead atoms. The van der Waals surface area contributed by atoms with Crippen LogP contribution in [0.3, 0.4) is 0 Å². The number of carbonyl (C=O) groups is 1. The van der Waals surface area contributed by atoms with Gasteiger partial charge < -0.3 is 9.95 Å². The van der Waals surface area contributed by atoms with Crippen molar-refractivity contribution in [2.75, 3.05) is 10.7 Å². The monoisotopic (exact) mass is 247 g/mol. The van der Waals surface area contributed by atoms with Gasteiger partial charge in [-0.05, 0) is 19.9 Å². The van der Waals surface area contributed by atoms with Crippen LogP contribution in [0.2, 0.25) is 0 Å². The van der Waals surface area contributed by atoms with E-state index in [9.17, 15) is 4.79 Å². The molecule has 18 heavy (non-hydrogen) atoms. The molecule has 0 aromatic carbocycles. The van der Waals surface area contributed by atoms with E-state index in [0.29, 0.717) is 16.9 Å². The Labute approximate surface area is 103 Å². The quantitative estimate of drug-likeness (QED) is 0.556. The maximum absolute atomic E-state index is 12.0. The number of aryl methyl sites for hydroxylation is 2. The van der Waals surface area contributed by atoms with Crippen molar-refractivity contribution in [1.82, 2.24) is 10.1 Å². The predicted octanol–water partition coefficient (Wildman–Crippen LogP) is 1.22. The van der Waals surface area contributed by atoms with Crippen LogP contribution < -0.4 is 16.6 Å². The Morgan fingerprint density at radius 2 is 2.11 bits per heavy atom. The zero-order chi connectivity index (χ0) is 13.1. The third kappa shape index (κ3) is 2.46. The summed E-state index contributed by atoms with van der Waals surface area (Å²) in [4.78, 5) is 16.0.